The molecule has 3 N–H and O–H groups in total. The Hall–Kier alpha value is -0.770. The molecular weight excluding hydrogens is 250 g/mol. The van der Waals surface area contributed by atoms with Gasteiger partial charge in [-0.15, -0.1) is 0 Å². The Kier molecular flexibility index (Phi) is 3.69. The number of nitrogens with one attached hydrogen (secondary N) is 1. The summed E-state index contributed by atoms with van der Waals surface area (Å²) in [5, 5.41) is 3.42. The molecule has 4 saturated carbocycles. The standard InChI is InChI=1S/C16H29N3O/c1-11(2)19(4-3-17)15(20)18-16-8-12-5-13(9-16)7-14(6-12)10-16/h11-14H,3-10,17H2,1-2H3,(H,18,20). The van der Waals surface area contributed by atoms with Gasteiger partial charge in [-0.2, -0.15) is 0 Å². The summed E-state index contributed by atoms with van der Waals surface area (Å²) in [4.78, 5) is 14.5. The molecule has 0 unspecified atom stereocenters. The average molecular weight is 279 g/mol. The van der Waals surface area contributed by atoms with Crippen molar-refractivity contribution in [2.24, 2.45) is 23.5 Å². The van der Waals surface area contributed by atoms with E-state index in [9.17, 15) is 4.79 Å². The summed E-state index contributed by atoms with van der Waals surface area (Å²) in [6.07, 6.45) is 7.85. The van der Waals surface area contributed by atoms with E-state index >= 15 is 0 Å². The van der Waals surface area contributed by atoms with Gasteiger partial charge in [0.05, 0.1) is 0 Å². The van der Waals surface area contributed by atoms with Crippen LogP contribution in [-0.2, 0) is 0 Å². The molecule has 4 aliphatic rings. The molecule has 4 bridgehead atoms. The Bertz CT molecular complexity index is 345. The van der Waals surface area contributed by atoms with Gasteiger partial charge < -0.3 is 16.0 Å². The maximum atomic E-state index is 12.6. The van der Waals surface area contributed by atoms with Gasteiger partial charge in [0.15, 0.2) is 0 Å². The van der Waals surface area contributed by atoms with Crippen LogP contribution in [0.3, 0.4) is 0 Å². The van der Waals surface area contributed by atoms with Crippen LogP contribution in [0, 0.1) is 17.8 Å². The molecule has 4 heteroatoms. The molecule has 0 aromatic rings. The van der Waals surface area contributed by atoms with Crippen molar-refractivity contribution in [3.05, 3.63) is 0 Å². The number of hydrogen-bond acceptors (Lipinski definition) is 2. The van der Waals surface area contributed by atoms with Gasteiger partial charge in [0.1, 0.15) is 0 Å². The summed E-state index contributed by atoms with van der Waals surface area (Å²) in [5.41, 5.74) is 5.75. The number of amides is 2. The Balaban J connectivity index is 1.69. The van der Waals surface area contributed by atoms with E-state index in [1.807, 2.05) is 4.90 Å². The minimum atomic E-state index is 0.104. The molecule has 0 atom stereocenters. The van der Waals surface area contributed by atoms with Crippen molar-refractivity contribution in [2.45, 2.75) is 64.0 Å². The molecule has 0 heterocycles. The topological polar surface area (TPSA) is 58.4 Å². The van der Waals surface area contributed by atoms with Gasteiger partial charge in [0.2, 0.25) is 0 Å². The SMILES string of the molecule is CC(C)N(CCN)C(=O)NC12CC3CC(CC(C3)C1)C2. The Labute approximate surface area is 122 Å². The summed E-state index contributed by atoms with van der Waals surface area (Å²) < 4.78 is 0. The number of rotatable bonds is 4. The van der Waals surface area contributed by atoms with Crippen LogP contribution in [0.25, 0.3) is 0 Å². The molecule has 4 nitrogen and oxygen atoms in total. The van der Waals surface area contributed by atoms with Crippen LogP contribution in [0.5, 0.6) is 0 Å². The first kappa shape index (κ1) is 14.2. The zero-order chi connectivity index (χ0) is 14.3. The lowest BCUT2D eigenvalue weighted by molar-refractivity contribution is -0.0161. The number of urea groups is 1. The van der Waals surface area contributed by atoms with Gasteiger partial charge in [-0.25, -0.2) is 4.79 Å². The van der Waals surface area contributed by atoms with Gasteiger partial charge in [0.25, 0.3) is 0 Å². The second-order valence-electron chi connectivity index (χ2n) is 7.70. The fourth-order valence-electron chi connectivity index (χ4n) is 5.30. The molecule has 0 saturated heterocycles. The predicted molar refractivity (Wildman–Crippen MR) is 80.3 cm³/mol. The third-order valence-electron chi connectivity index (χ3n) is 5.66. The Morgan fingerprint density at radius 1 is 1.20 bits per heavy atom. The van der Waals surface area contributed by atoms with E-state index in [0.717, 1.165) is 17.8 Å². The zero-order valence-corrected chi connectivity index (χ0v) is 12.9. The predicted octanol–water partition coefficient (Wildman–Crippen LogP) is 2.33. The van der Waals surface area contributed by atoms with Gasteiger partial charge in [-0.05, 0) is 70.1 Å². The molecule has 20 heavy (non-hydrogen) atoms. The highest BCUT2D eigenvalue weighted by Crippen LogP contribution is 2.55. The molecule has 114 valence electrons. The summed E-state index contributed by atoms with van der Waals surface area (Å²) in [7, 11) is 0. The van der Waals surface area contributed by atoms with Crippen molar-refractivity contribution < 1.29 is 4.79 Å². The maximum Gasteiger partial charge on any atom is 0.318 e. The second kappa shape index (κ2) is 5.21. The number of hydrogen-bond donors (Lipinski definition) is 2. The second-order valence-corrected chi connectivity index (χ2v) is 7.70. The Morgan fingerprint density at radius 2 is 1.70 bits per heavy atom. The van der Waals surface area contributed by atoms with Gasteiger partial charge in [0, 0.05) is 24.7 Å². The number of carbonyl (C=O) groups is 1. The first-order chi connectivity index (χ1) is 9.51. The van der Waals surface area contributed by atoms with Crippen LogP contribution < -0.4 is 11.1 Å². The molecule has 0 spiro atoms. The quantitative estimate of drug-likeness (QED) is 0.830. The minimum Gasteiger partial charge on any atom is -0.333 e. The van der Waals surface area contributed by atoms with Crippen molar-refractivity contribution in [1.82, 2.24) is 10.2 Å². The summed E-state index contributed by atoms with van der Waals surface area (Å²) in [5.74, 6) is 2.59. The van der Waals surface area contributed by atoms with Crippen molar-refractivity contribution >= 4 is 6.03 Å². The van der Waals surface area contributed by atoms with E-state index < -0.39 is 0 Å². The monoisotopic (exact) mass is 279 g/mol. The molecule has 0 aromatic carbocycles. The van der Waals surface area contributed by atoms with Crippen LogP contribution in [-0.4, -0.2) is 35.6 Å². The van der Waals surface area contributed by atoms with Crippen LogP contribution in [0.15, 0.2) is 0 Å². The minimum absolute atomic E-state index is 0.104. The lowest BCUT2D eigenvalue weighted by Gasteiger charge is -2.57. The van der Waals surface area contributed by atoms with E-state index in [-0.39, 0.29) is 17.6 Å². The van der Waals surface area contributed by atoms with E-state index in [1.165, 1.54) is 38.5 Å². The fraction of sp³-hybridized carbons (Fsp3) is 0.938. The molecule has 4 rings (SSSR count). The highest BCUT2D eigenvalue weighted by Gasteiger charge is 2.51. The van der Waals surface area contributed by atoms with Gasteiger partial charge >= 0.3 is 6.03 Å². The van der Waals surface area contributed by atoms with Crippen LogP contribution >= 0.6 is 0 Å². The molecule has 0 radical (unpaired) electrons. The normalized spacial score (nSPS) is 38.3. The number of nitrogens with two attached hydrogens (primary N) is 1. The maximum absolute atomic E-state index is 12.6. The lowest BCUT2D eigenvalue weighted by atomic mass is 9.53. The first-order valence-electron chi connectivity index (χ1n) is 8.30. The lowest BCUT2D eigenvalue weighted by Crippen LogP contribution is -2.62. The van der Waals surface area contributed by atoms with Crippen molar-refractivity contribution in [1.29, 1.82) is 0 Å². The number of carbonyl (C=O) groups excluding carboxylic acids is 1. The highest BCUT2D eigenvalue weighted by molar-refractivity contribution is 5.75. The van der Waals surface area contributed by atoms with Crippen LogP contribution in [0.4, 0.5) is 4.79 Å². The summed E-state index contributed by atoms with van der Waals surface area (Å²) in [6, 6.07) is 0.319. The molecular formula is C16H29N3O. The van der Waals surface area contributed by atoms with Crippen LogP contribution in [0.2, 0.25) is 0 Å². The Morgan fingerprint density at radius 3 is 2.10 bits per heavy atom. The molecule has 4 fully saturated rings. The van der Waals surface area contributed by atoms with Gasteiger partial charge in [-0.3, -0.25) is 0 Å². The van der Waals surface area contributed by atoms with E-state index in [4.69, 9.17) is 5.73 Å². The largest absolute Gasteiger partial charge is 0.333 e. The van der Waals surface area contributed by atoms with Crippen molar-refractivity contribution in [3.63, 3.8) is 0 Å². The van der Waals surface area contributed by atoms with E-state index in [0.29, 0.717) is 13.1 Å². The third-order valence-corrected chi connectivity index (χ3v) is 5.66. The first-order valence-corrected chi connectivity index (χ1v) is 8.30. The van der Waals surface area contributed by atoms with Crippen molar-refractivity contribution in [2.75, 3.05) is 13.1 Å². The smallest absolute Gasteiger partial charge is 0.318 e. The molecule has 4 aliphatic carbocycles. The molecule has 2 amide bonds. The third kappa shape index (κ3) is 2.54. The van der Waals surface area contributed by atoms with Crippen molar-refractivity contribution in [3.8, 4) is 0 Å². The number of nitrogens with zero attached hydrogens (tertiary/aromatic N) is 1. The highest BCUT2D eigenvalue weighted by atomic mass is 16.2. The van der Waals surface area contributed by atoms with E-state index in [2.05, 4.69) is 19.2 Å². The van der Waals surface area contributed by atoms with Gasteiger partial charge in [-0.1, -0.05) is 0 Å². The fourth-order valence-corrected chi connectivity index (χ4v) is 5.30. The average Bonchev–Trinajstić information content (AvgIpc) is 2.32. The summed E-state index contributed by atoms with van der Waals surface area (Å²) >= 11 is 0. The summed E-state index contributed by atoms with van der Waals surface area (Å²) in [6.45, 7) is 5.31. The molecule has 0 aromatic heterocycles. The van der Waals surface area contributed by atoms with E-state index in [1.54, 1.807) is 0 Å². The molecule has 0 aliphatic heterocycles. The zero-order valence-electron chi connectivity index (χ0n) is 12.9. The van der Waals surface area contributed by atoms with Crippen LogP contribution in [0.1, 0.15) is 52.4 Å².